The zero-order chi connectivity index (χ0) is 22.2. The Bertz CT molecular complexity index is 1090. The van der Waals surface area contributed by atoms with Gasteiger partial charge in [0.1, 0.15) is 11.4 Å². The largest absolute Gasteiger partial charge is 0.477 e. The van der Waals surface area contributed by atoms with Gasteiger partial charge >= 0.3 is 13.7 Å². The van der Waals surface area contributed by atoms with Gasteiger partial charge in [0, 0.05) is 58.0 Å². The predicted molar refractivity (Wildman–Crippen MR) is 111 cm³/mol. The van der Waals surface area contributed by atoms with Gasteiger partial charge in [-0.1, -0.05) is 0 Å². The molecule has 1 aliphatic rings. The van der Waals surface area contributed by atoms with Gasteiger partial charge in [-0.15, -0.1) is 0 Å². The molecule has 9 nitrogen and oxygen atoms in total. The SMILES string of the molecule is CCn1c(C)c(C(=O)O)c(=O)c2cc(F)c(N3CCN(P(=O)(OC)OC)CC3)cc21. The maximum atomic E-state index is 15.0. The van der Waals surface area contributed by atoms with Crippen molar-refractivity contribution < 1.29 is 27.9 Å². The fourth-order valence-electron chi connectivity index (χ4n) is 3.96. The molecule has 0 radical (unpaired) electrons. The Balaban J connectivity index is 2.04. The lowest BCUT2D eigenvalue weighted by Gasteiger charge is -2.38. The zero-order valence-corrected chi connectivity index (χ0v) is 18.2. The molecule has 1 aromatic heterocycles. The lowest BCUT2D eigenvalue weighted by atomic mass is 10.1. The quantitative estimate of drug-likeness (QED) is 0.683. The number of nitrogens with zero attached hydrogens (tertiary/aromatic N) is 3. The van der Waals surface area contributed by atoms with Crippen molar-refractivity contribution in [3.63, 3.8) is 0 Å². The Morgan fingerprint density at radius 2 is 1.80 bits per heavy atom. The number of fused-ring (bicyclic) bond motifs is 1. The highest BCUT2D eigenvalue weighted by atomic mass is 31.2. The summed E-state index contributed by atoms with van der Waals surface area (Å²) in [4.78, 5) is 26.0. The molecule has 2 aromatic rings. The maximum absolute atomic E-state index is 15.0. The summed E-state index contributed by atoms with van der Waals surface area (Å²) in [6, 6.07) is 2.68. The van der Waals surface area contributed by atoms with E-state index >= 15 is 0 Å². The highest BCUT2D eigenvalue weighted by molar-refractivity contribution is 7.51. The number of aromatic carboxylic acids is 1. The van der Waals surface area contributed by atoms with Gasteiger partial charge in [-0.3, -0.25) is 13.8 Å². The average molecular weight is 441 g/mol. The average Bonchev–Trinajstić information content (AvgIpc) is 2.73. The number of hydrogen-bond acceptors (Lipinski definition) is 6. The Morgan fingerprint density at radius 3 is 2.30 bits per heavy atom. The fraction of sp³-hybridized carbons (Fsp3) is 0.474. The second-order valence-electron chi connectivity index (χ2n) is 6.93. The van der Waals surface area contributed by atoms with Gasteiger partial charge in [-0.2, -0.15) is 0 Å². The van der Waals surface area contributed by atoms with Crippen LogP contribution >= 0.6 is 7.75 Å². The van der Waals surface area contributed by atoms with Crippen LogP contribution in [0.3, 0.4) is 0 Å². The predicted octanol–water partition coefficient (Wildman–Crippen LogP) is 2.69. The Labute approximate surface area is 173 Å². The molecule has 0 atom stereocenters. The van der Waals surface area contributed by atoms with Crippen molar-refractivity contribution in [1.82, 2.24) is 9.24 Å². The molecule has 1 aromatic carbocycles. The van der Waals surface area contributed by atoms with E-state index in [2.05, 4.69) is 0 Å². The first-order chi connectivity index (χ1) is 14.2. The lowest BCUT2D eigenvalue weighted by Crippen LogP contribution is -2.45. The summed E-state index contributed by atoms with van der Waals surface area (Å²) in [5, 5.41) is 9.45. The van der Waals surface area contributed by atoms with Crippen molar-refractivity contribution in [3.8, 4) is 0 Å². The van der Waals surface area contributed by atoms with E-state index in [9.17, 15) is 23.7 Å². The Kier molecular flexibility index (Phi) is 6.33. The molecule has 164 valence electrons. The van der Waals surface area contributed by atoms with Gasteiger partial charge in [0.2, 0.25) is 5.43 Å². The van der Waals surface area contributed by atoms with E-state index in [0.29, 0.717) is 49.6 Å². The summed E-state index contributed by atoms with van der Waals surface area (Å²) in [7, 11) is -0.721. The molecule has 0 bridgehead atoms. The Morgan fingerprint density at radius 1 is 1.20 bits per heavy atom. The van der Waals surface area contributed by atoms with Crippen LogP contribution in [-0.4, -0.2) is 60.7 Å². The van der Waals surface area contributed by atoms with E-state index in [-0.39, 0.29) is 10.9 Å². The molecule has 11 heteroatoms. The van der Waals surface area contributed by atoms with E-state index in [1.165, 1.54) is 14.2 Å². The monoisotopic (exact) mass is 441 g/mol. The van der Waals surface area contributed by atoms with Crippen LogP contribution in [0, 0.1) is 12.7 Å². The summed E-state index contributed by atoms with van der Waals surface area (Å²) in [6.45, 7) is 5.26. The summed E-state index contributed by atoms with van der Waals surface area (Å²) < 4.78 is 40.8. The molecule has 0 spiro atoms. The van der Waals surface area contributed by atoms with E-state index in [1.54, 1.807) is 27.1 Å². The van der Waals surface area contributed by atoms with Crippen molar-refractivity contribution in [1.29, 1.82) is 0 Å². The van der Waals surface area contributed by atoms with Crippen molar-refractivity contribution >= 4 is 30.3 Å². The minimum atomic E-state index is -3.35. The number of benzene rings is 1. The molecular weight excluding hydrogens is 416 g/mol. The molecule has 2 heterocycles. The van der Waals surface area contributed by atoms with E-state index in [4.69, 9.17) is 9.05 Å². The van der Waals surface area contributed by atoms with Crippen LogP contribution < -0.4 is 10.3 Å². The van der Waals surface area contributed by atoms with Crippen molar-refractivity contribution in [3.05, 3.63) is 39.4 Å². The normalized spacial score (nSPS) is 15.7. The van der Waals surface area contributed by atoms with Crippen LogP contribution in [0.25, 0.3) is 10.9 Å². The number of carbonyl (C=O) groups is 1. The lowest BCUT2D eigenvalue weighted by molar-refractivity contribution is 0.0694. The molecule has 1 saturated heterocycles. The van der Waals surface area contributed by atoms with Gasteiger partial charge < -0.3 is 14.6 Å². The zero-order valence-electron chi connectivity index (χ0n) is 17.3. The second-order valence-corrected chi connectivity index (χ2v) is 9.17. The van der Waals surface area contributed by atoms with E-state index in [0.717, 1.165) is 6.07 Å². The fourth-order valence-corrected chi connectivity index (χ4v) is 5.24. The summed E-state index contributed by atoms with van der Waals surface area (Å²) in [5.41, 5.74) is 0.0567. The first kappa shape index (κ1) is 22.4. The van der Waals surface area contributed by atoms with Gasteiger partial charge in [0.05, 0.1) is 11.2 Å². The first-order valence-electron chi connectivity index (χ1n) is 9.50. The molecule has 0 aliphatic carbocycles. The van der Waals surface area contributed by atoms with Crippen LogP contribution in [0.15, 0.2) is 16.9 Å². The number of carboxylic acid groups (broad SMARTS) is 1. The minimum absolute atomic E-state index is 0.0306. The smallest absolute Gasteiger partial charge is 0.407 e. The molecular formula is C19H25FN3O6P. The van der Waals surface area contributed by atoms with Gasteiger partial charge in [-0.05, 0) is 26.0 Å². The molecule has 1 aliphatic heterocycles. The number of rotatable bonds is 6. The van der Waals surface area contributed by atoms with Crippen molar-refractivity contribution in [2.75, 3.05) is 45.3 Å². The third kappa shape index (κ3) is 3.65. The molecule has 0 amide bonds. The highest BCUT2D eigenvalue weighted by Crippen LogP contribution is 2.50. The molecule has 0 saturated carbocycles. The van der Waals surface area contributed by atoms with Crippen LogP contribution in [0.5, 0.6) is 0 Å². The van der Waals surface area contributed by atoms with Gasteiger partial charge in [0.25, 0.3) is 0 Å². The summed E-state index contributed by atoms with van der Waals surface area (Å²) >= 11 is 0. The maximum Gasteiger partial charge on any atom is 0.407 e. The molecule has 1 N–H and O–H groups in total. The molecule has 3 rings (SSSR count). The number of halogens is 1. The standard InChI is InChI=1S/C19H25FN3O6P/c1-5-23-12(2)17(19(25)26)18(24)13-10-14(20)16(11-15(13)23)21-6-8-22(9-7-21)30(27,28-3)29-4/h10-11H,5-9H2,1-4H3,(H,25,26). The van der Waals surface area contributed by atoms with Crippen molar-refractivity contribution in [2.24, 2.45) is 0 Å². The minimum Gasteiger partial charge on any atom is -0.477 e. The number of aromatic nitrogens is 1. The number of piperazine rings is 1. The number of hydrogen-bond donors (Lipinski definition) is 1. The van der Waals surface area contributed by atoms with Gasteiger partial charge in [0.15, 0.2) is 0 Å². The number of aryl methyl sites for hydroxylation is 1. The second kappa shape index (κ2) is 8.47. The van der Waals surface area contributed by atoms with Gasteiger partial charge in [-0.25, -0.2) is 18.4 Å². The third-order valence-electron chi connectivity index (χ3n) is 5.53. The van der Waals surface area contributed by atoms with Crippen molar-refractivity contribution in [2.45, 2.75) is 20.4 Å². The van der Waals surface area contributed by atoms with Crippen LogP contribution in [0.1, 0.15) is 23.0 Å². The topological polar surface area (TPSA) is 101 Å². The third-order valence-corrected chi connectivity index (χ3v) is 7.54. The van der Waals surface area contributed by atoms with E-state index < -0.39 is 25.0 Å². The number of carboxylic acids is 1. The molecule has 30 heavy (non-hydrogen) atoms. The first-order valence-corrected chi connectivity index (χ1v) is 11.0. The Hall–Kier alpha value is -2.26. The molecule has 0 unspecified atom stereocenters. The van der Waals surface area contributed by atoms with Crippen LogP contribution in [0.4, 0.5) is 10.1 Å². The van der Waals surface area contributed by atoms with E-state index in [1.807, 2.05) is 6.92 Å². The highest BCUT2D eigenvalue weighted by Gasteiger charge is 2.34. The van der Waals surface area contributed by atoms with Crippen LogP contribution in [-0.2, 0) is 20.2 Å². The number of pyridine rings is 1. The number of anilines is 1. The summed E-state index contributed by atoms with van der Waals surface area (Å²) in [5.74, 6) is -1.94. The summed E-state index contributed by atoms with van der Waals surface area (Å²) in [6.07, 6.45) is 0. The van der Waals surface area contributed by atoms with Crippen LogP contribution in [0.2, 0.25) is 0 Å². The molecule has 1 fully saturated rings.